The lowest BCUT2D eigenvalue weighted by atomic mass is 9.84. The van der Waals surface area contributed by atoms with E-state index >= 15 is 0 Å². The van der Waals surface area contributed by atoms with Crippen LogP contribution in [0.2, 0.25) is 0 Å². The van der Waals surface area contributed by atoms with E-state index in [2.05, 4.69) is 22.2 Å². The molecule has 1 saturated carbocycles. The summed E-state index contributed by atoms with van der Waals surface area (Å²) in [5.74, 6) is 1.50. The molecular formula is C22H28N6O2. The molecule has 3 aromatic heterocycles. The van der Waals surface area contributed by atoms with Crippen molar-refractivity contribution in [3.05, 3.63) is 30.2 Å². The Morgan fingerprint density at radius 2 is 1.97 bits per heavy atom. The van der Waals surface area contributed by atoms with Gasteiger partial charge in [0.05, 0.1) is 23.5 Å². The van der Waals surface area contributed by atoms with E-state index in [-0.39, 0.29) is 6.04 Å². The number of aryl methyl sites for hydroxylation is 1. The van der Waals surface area contributed by atoms with Crippen molar-refractivity contribution in [2.24, 2.45) is 0 Å². The second kappa shape index (κ2) is 7.12. The third-order valence-electron chi connectivity index (χ3n) is 6.28. The Morgan fingerprint density at radius 1 is 1.23 bits per heavy atom. The van der Waals surface area contributed by atoms with Gasteiger partial charge in [0.15, 0.2) is 17.2 Å². The van der Waals surface area contributed by atoms with Crippen LogP contribution in [0.25, 0.3) is 16.9 Å². The highest BCUT2D eigenvalue weighted by Gasteiger charge is 2.32. The number of hydrogen-bond acceptors (Lipinski definition) is 7. The predicted molar refractivity (Wildman–Crippen MR) is 116 cm³/mol. The van der Waals surface area contributed by atoms with Crippen molar-refractivity contribution in [1.29, 1.82) is 0 Å². The lowest BCUT2D eigenvalue weighted by Crippen LogP contribution is -2.36. The van der Waals surface area contributed by atoms with Gasteiger partial charge in [-0.2, -0.15) is 0 Å². The third-order valence-corrected chi connectivity index (χ3v) is 6.28. The molecule has 1 aliphatic heterocycles. The second-order valence-electron chi connectivity index (χ2n) is 8.73. The molecule has 1 fully saturated rings. The minimum Gasteiger partial charge on any atom is -0.486 e. The van der Waals surface area contributed by atoms with Gasteiger partial charge in [-0.25, -0.2) is 9.50 Å². The highest BCUT2D eigenvalue weighted by Crippen LogP contribution is 2.42. The van der Waals surface area contributed by atoms with Crippen LogP contribution in [0.15, 0.2) is 24.5 Å². The molecule has 2 aliphatic rings. The molecule has 0 aromatic carbocycles. The zero-order valence-corrected chi connectivity index (χ0v) is 17.7. The zero-order valence-electron chi connectivity index (χ0n) is 17.7. The summed E-state index contributed by atoms with van der Waals surface area (Å²) in [5, 5.41) is 18.9. The van der Waals surface area contributed by atoms with Crippen LogP contribution in [0.4, 0.5) is 11.5 Å². The molecular weight excluding hydrogens is 380 g/mol. The summed E-state index contributed by atoms with van der Waals surface area (Å²) in [6, 6.07) is 4.21. The molecule has 8 nitrogen and oxygen atoms in total. The number of nitrogens with one attached hydrogen (secondary N) is 1. The number of rotatable bonds is 3. The fourth-order valence-electron chi connectivity index (χ4n) is 4.52. The van der Waals surface area contributed by atoms with Gasteiger partial charge in [0, 0.05) is 31.0 Å². The lowest BCUT2D eigenvalue weighted by Gasteiger charge is -2.35. The summed E-state index contributed by atoms with van der Waals surface area (Å²) in [6.45, 7) is 5.35. The first-order valence-electron chi connectivity index (χ1n) is 10.6. The van der Waals surface area contributed by atoms with Crippen LogP contribution in [-0.2, 0) is 0 Å². The number of pyridine rings is 1. The van der Waals surface area contributed by atoms with Crippen LogP contribution >= 0.6 is 0 Å². The molecule has 158 valence electrons. The normalized spacial score (nSPS) is 23.9. The van der Waals surface area contributed by atoms with Crippen molar-refractivity contribution in [2.45, 2.75) is 51.2 Å². The van der Waals surface area contributed by atoms with E-state index in [1.54, 1.807) is 12.4 Å². The molecule has 8 heteroatoms. The molecule has 0 spiro atoms. The van der Waals surface area contributed by atoms with Crippen molar-refractivity contribution >= 4 is 17.2 Å². The number of aromatic nitrogens is 4. The van der Waals surface area contributed by atoms with Crippen molar-refractivity contribution < 1.29 is 9.84 Å². The number of hydrogen-bond donors (Lipinski definition) is 2. The number of likely N-dealkylation sites (N-methyl/N-ethyl adjacent to an activating group) is 1. The van der Waals surface area contributed by atoms with E-state index in [0.717, 1.165) is 72.1 Å². The number of imidazole rings is 1. The molecule has 0 radical (unpaired) electrons. The minimum atomic E-state index is -0.568. The van der Waals surface area contributed by atoms with Crippen LogP contribution in [0, 0.1) is 6.92 Å². The van der Waals surface area contributed by atoms with E-state index < -0.39 is 5.60 Å². The van der Waals surface area contributed by atoms with Gasteiger partial charge in [-0.05, 0) is 51.7 Å². The Hall–Kier alpha value is -2.87. The maximum absolute atomic E-state index is 10.3. The Balaban J connectivity index is 1.63. The molecule has 0 saturated heterocycles. The second-order valence-corrected chi connectivity index (χ2v) is 8.73. The topological polar surface area (TPSA) is 87.8 Å². The fraction of sp³-hybridized carbons (Fsp3) is 0.500. The first-order chi connectivity index (χ1) is 14.4. The summed E-state index contributed by atoms with van der Waals surface area (Å²) in [6.07, 6.45) is 6.93. The van der Waals surface area contributed by atoms with Gasteiger partial charge in [0.2, 0.25) is 0 Å². The summed E-state index contributed by atoms with van der Waals surface area (Å²) in [5.41, 5.74) is 4.10. The molecule has 0 amide bonds. The molecule has 3 aromatic rings. The average Bonchev–Trinajstić information content (AvgIpc) is 3.06. The van der Waals surface area contributed by atoms with Gasteiger partial charge in [-0.3, -0.25) is 4.98 Å². The Bertz CT molecular complexity index is 1070. The third kappa shape index (κ3) is 3.25. The van der Waals surface area contributed by atoms with Gasteiger partial charge >= 0.3 is 0 Å². The van der Waals surface area contributed by atoms with E-state index in [4.69, 9.17) is 14.8 Å². The highest BCUT2D eigenvalue weighted by molar-refractivity contribution is 5.84. The van der Waals surface area contributed by atoms with Crippen LogP contribution in [0.5, 0.6) is 5.75 Å². The van der Waals surface area contributed by atoms with E-state index in [0.29, 0.717) is 6.61 Å². The molecule has 0 bridgehead atoms. The lowest BCUT2D eigenvalue weighted by molar-refractivity contribution is 0.0196. The maximum Gasteiger partial charge on any atom is 0.192 e. The summed E-state index contributed by atoms with van der Waals surface area (Å²) in [4.78, 5) is 11.2. The predicted octanol–water partition coefficient (Wildman–Crippen LogP) is 3.03. The number of nitrogens with zero attached hydrogens (tertiary/aromatic N) is 5. The molecule has 0 atom stereocenters. The number of aliphatic hydroxyl groups is 1. The minimum absolute atomic E-state index is 0.254. The molecule has 5 rings (SSSR count). The van der Waals surface area contributed by atoms with Gasteiger partial charge in [-0.1, -0.05) is 0 Å². The van der Waals surface area contributed by atoms with Gasteiger partial charge in [0.1, 0.15) is 12.3 Å². The highest BCUT2D eigenvalue weighted by atomic mass is 16.5. The average molecular weight is 409 g/mol. The Labute approximate surface area is 175 Å². The standard InChI is InChI=1S/C22H28N6O2/c1-14-17(15-6-10-23-11-7-15)28-21(24-14)18-19(30-13-12-27(18)3)20(26-28)25-16-4-8-22(2,29)9-5-16/h6-7,10-11,16,29H,4-5,8-9,12-13H2,1-3H3,(H,25,26). The van der Waals surface area contributed by atoms with Crippen LogP contribution in [0.1, 0.15) is 38.3 Å². The van der Waals surface area contributed by atoms with E-state index in [1.807, 2.05) is 30.5 Å². The quantitative estimate of drug-likeness (QED) is 0.689. The van der Waals surface area contributed by atoms with Crippen LogP contribution in [-0.4, -0.2) is 56.5 Å². The van der Waals surface area contributed by atoms with E-state index in [1.165, 1.54) is 0 Å². The molecule has 30 heavy (non-hydrogen) atoms. The smallest absolute Gasteiger partial charge is 0.192 e. The molecule has 1 aliphatic carbocycles. The summed E-state index contributed by atoms with van der Waals surface area (Å²) in [7, 11) is 2.07. The SMILES string of the molecule is Cc1nc2c3c(c(NC4CCC(C)(O)CC4)nn2c1-c1ccncc1)OCCN3C. The first kappa shape index (κ1) is 19.1. The van der Waals surface area contributed by atoms with Gasteiger partial charge in [-0.15, -0.1) is 5.10 Å². The van der Waals surface area contributed by atoms with Gasteiger partial charge in [0.25, 0.3) is 0 Å². The monoisotopic (exact) mass is 408 g/mol. The fourth-order valence-corrected chi connectivity index (χ4v) is 4.52. The van der Waals surface area contributed by atoms with Crippen LogP contribution < -0.4 is 15.0 Å². The number of ether oxygens (including phenoxy) is 1. The van der Waals surface area contributed by atoms with Crippen LogP contribution in [0.3, 0.4) is 0 Å². The van der Waals surface area contributed by atoms with Crippen molar-refractivity contribution in [3.63, 3.8) is 0 Å². The van der Waals surface area contributed by atoms with Crippen molar-refractivity contribution in [3.8, 4) is 17.0 Å². The van der Waals surface area contributed by atoms with Crippen molar-refractivity contribution in [2.75, 3.05) is 30.4 Å². The Morgan fingerprint density at radius 3 is 2.70 bits per heavy atom. The van der Waals surface area contributed by atoms with Crippen molar-refractivity contribution in [1.82, 2.24) is 19.6 Å². The molecule has 0 unspecified atom stereocenters. The summed E-state index contributed by atoms with van der Waals surface area (Å²) >= 11 is 0. The first-order valence-corrected chi connectivity index (χ1v) is 10.6. The molecule has 2 N–H and O–H groups in total. The number of anilines is 2. The maximum atomic E-state index is 10.3. The summed E-state index contributed by atoms with van der Waals surface area (Å²) < 4.78 is 8.02. The zero-order chi connectivity index (χ0) is 20.9. The van der Waals surface area contributed by atoms with Gasteiger partial charge < -0.3 is 20.1 Å². The Kier molecular flexibility index (Phi) is 4.54. The van der Waals surface area contributed by atoms with E-state index in [9.17, 15) is 5.11 Å². The largest absolute Gasteiger partial charge is 0.486 e. The molecule has 4 heterocycles. The number of fused-ring (bicyclic) bond motifs is 3.